The summed E-state index contributed by atoms with van der Waals surface area (Å²) in [6, 6.07) is 0.553. The number of nitrogens with one attached hydrogen (secondary N) is 1. The molecule has 0 bridgehead atoms. The summed E-state index contributed by atoms with van der Waals surface area (Å²) in [6.45, 7) is 3.78. The highest BCUT2D eigenvalue weighted by Crippen LogP contribution is 2.23. The quantitative estimate of drug-likeness (QED) is 0.752. The van der Waals surface area contributed by atoms with E-state index in [1.54, 1.807) is 7.11 Å². The molecule has 0 aliphatic carbocycles. The second-order valence-electron chi connectivity index (χ2n) is 4.28. The number of nitrogens with zero attached hydrogens (tertiary/aromatic N) is 3. The van der Waals surface area contributed by atoms with Gasteiger partial charge in [0.05, 0.1) is 12.6 Å². The van der Waals surface area contributed by atoms with Crippen LogP contribution in [0.2, 0.25) is 0 Å². The van der Waals surface area contributed by atoms with Crippen LogP contribution < -0.4 is 5.32 Å². The van der Waals surface area contributed by atoms with E-state index in [9.17, 15) is 0 Å². The Morgan fingerprint density at radius 3 is 3.19 bits per heavy atom. The van der Waals surface area contributed by atoms with Gasteiger partial charge >= 0.3 is 0 Å². The summed E-state index contributed by atoms with van der Waals surface area (Å²) >= 11 is 0. The normalized spacial score (nSPS) is 21.5. The third-order valence-electron chi connectivity index (χ3n) is 3.02. The first kappa shape index (κ1) is 11.4. The van der Waals surface area contributed by atoms with Crippen LogP contribution >= 0.6 is 0 Å². The molecule has 0 spiro atoms. The summed E-state index contributed by atoms with van der Waals surface area (Å²) in [4.78, 5) is 6.69. The van der Waals surface area contributed by atoms with E-state index < -0.39 is 0 Å². The van der Waals surface area contributed by atoms with Crippen LogP contribution in [0, 0.1) is 0 Å². The van der Waals surface area contributed by atoms with Crippen LogP contribution in [-0.2, 0) is 4.74 Å². The number of anilines is 1. The number of hydrogen-bond donors (Lipinski definition) is 1. The fourth-order valence-electron chi connectivity index (χ4n) is 2.15. The average molecular weight is 224 g/mol. The molecule has 1 aliphatic rings. The van der Waals surface area contributed by atoms with Crippen molar-refractivity contribution in [3.05, 3.63) is 12.4 Å². The number of aromatic nitrogens is 2. The highest BCUT2D eigenvalue weighted by molar-refractivity contribution is 5.26. The van der Waals surface area contributed by atoms with Gasteiger partial charge in [-0.25, -0.2) is 4.98 Å². The summed E-state index contributed by atoms with van der Waals surface area (Å²) in [5.41, 5.74) is 0. The van der Waals surface area contributed by atoms with Gasteiger partial charge in [0.1, 0.15) is 0 Å². The second kappa shape index (κ2) is 5.32. The Morgan fingerprint density at radius 1 is 1.62 bits per heavy atom. The number of methoxy groups -OCH3 is 1. The minimum absolute atomic E-state index is 0.553. The SMILES string of the molecule is COCCNc1nccn1C1CCN(C)C1. The molecule has 5 heteroatoms. The minimum atomic E-state index is 0.553. The van der Waals surface area contributed by atoms with Crippen molar-refractivity contribution in [3.8, 4) is 0 Å². The molecule has 0 aromatic carbocycles. The van der Waals surface area contributed by atoms with E-state index in [2.05, 4.69) is 33.0 Å². The lowest BCUT2D eigenvalue weighted by Crippen LogP contribution is -2.18. The van der Waals surface area contributed by atoms with Gasteiger partial charge in [0, 0.05) is 32.6 Å². The Labute approximate surface area is 96.4 Å². The molecule has 2 heterocycles. The molecule has 1 unspecified atom stereocenters. The smallest absolute Gasteiger partial charge is 0.203 e. The molecule has 0 saturated carbocycles. The summed E-state index contributed by atoms with van der Waals surface area (Å²) in [6.07, 6.45) is 5.11. The summed E-state index contributed by atoms with van der Waals surface area (Å²) in [7, 11) is 3.87. The molecule has 0 radical (unpaired) electrons. The number of ether oxygens (including phenoxy) is 1. The van der Waals surface area contributed by atoms with Crippen molar-refractivity contribution in [2.75, 3.05) is 45.7 Å². The van der Waals surface area contributed by atoms with Crippen molar-refractivity contribution >= 4 is 5.95 Å². The maximum absolute atomic E-state index is 5.01. The monoisotopic (exact) mass is 224 g/mol. The van der Waals surface area contributed by atoms with E-state index in [1.807, 2.05) is 6.20 Å². The number of rotatable bonds is 5. The summed E-state index contributed by atoms with van der Waals surface area (Å²) in [5.74, 6) is 0.956. The van der Waals surface area contributed by atoms with E-state index in [0.717, 1.165) is 19.0 Å². The van der Waals surface area contributed by atoms with Gasteiger partial charge in [0.15, 0.2) is 0 Å². The second-order valence-corrected chi connectivity index (χ2v) is 4.28. The van der Waals surface area contributed by atoms with Crippen molar-refractivity contribution in [2.24, 2.45) is 0 Å². The van der Waals surface area contributed by atoms with Crippen molar-refractivity contribution in [1.82, 2.24) is 14.5 Å². The standard InChI is InChI=1S/C11H20N4O/c1-14-6-3-10(9-14)15-7-4-12-11(15)13-5-8-16-2/h4,7,10H,3,5-6,8-9H2,1-2H3,(H,12,13). The van der Waals surface area contributed by atoms with Crippen molar-refractivity contribution < 1.29 is 4.74 Å². The molecule has 1 aromatic rings. The molecule has 1 saturated heterocycles. The zero-order chi connectivity index (χ0) is 11.4. The van der Waals surface area contributed by atoms with E-state index in [0.29, 0.717) is 12.6 Å². The van der Waals surface area contributed by atoms with Crippen LogP contribution in [0.25, 0.3) is 0 Å². The topological polar surface area (TPSA) is 42.3 Å². The third-order valence-corrected chi connectivity index (χ3v) is 3.02. The van der Waals surface area contributed by atoms with Crippen LogP contribution in [0.15, 0.2) is 12.4 Å². The molecule has 1 aliphatic heterocycles. The number of likely N-dealkylation sites (tertiary alicyclic amines) is 1. The van der Waals surface area contributed by atoms with Crippen molar-refractivity contribution in [3.63, 3.8) is 0 Å². The molecule has 2 rings (SSSR count). The Bertz CT molecular complexity index is 326. The zero-order valence-corrected chi connectivity index (χ0v) is 10.0. The predicted octanol–water partition coefficient (Wildman–Crippen LogP) is 0.818. The predicted molar refractivity (Wildman–Crippen MR) is 63.7 cm³/mol. The van der Waals surface area contributed by atoms with Crippen LogP contribution in [-0.4, -0.2) is 54.8 Å². The van der Waals surface area contributed by atoms with Gasteiger partial charge in [0.25, 0.3) is 0 Å². The highest BCUT2D eigenvalue weighted by Gasteiger charge is 2.22. The van der Waals surface area contributed by atoms with E-state index >= 15 is 0 Å². The Balaban J connectivity index is 1.96. The Hall–Kier alpha value is -1.07. The summed E-state index contributed by atoms with van der Waals surface area (Å²) < 4.78 is 7.25. The lowest BCUT2D eigenvalue weighted by atomic mass is 10.2. The van der Waals surface area contributed by atoms with Crippen LogP contribution in [0.5, 0.6) is 0 Å². The minimum Gasteiger partial charge on any atom is -0.383 e. The third kappa shape index (κ3) is 2.54. The van der Waals surface area contributed by atoms with Gasteiger partial charge < -0.3 is 19.5 Å². The molecule has 1 N–H and O–H groups in total. The molecular weight excluding hydrogens is 204 g/mol. The molecule has 90 valence electrons. The largest absolute Gasteiger partial charge is 0.383 e. The molecule has 1 aromatic heterocycles. The van der Waals surface area contributed by atoms with Crippen molar-refractivity contribution in [1.29, 1.82) is 0 Å². The van der Waals surface area contributed by atoms with E-state index in [4.69, 9.17) is 4.74 Å². The Kier molecular flexibility index (Phi) is 3.79. The first-order valence-electron chi connectivity index (χ1n) is 5.75. The fraction of sp³-hybridized carbons (Fsp3) is 0.727. The first-order valence-corrected chi connectivity index (χ1v) is 5.75. The van der Waals surface area contributed by atoms with E-state index in [-0.39, 0.29) is 0 Å². The maximum Gasteiger partial charge on any atom is 0.203 e. The Morgan fingerprint density at radius 2 is 2.50 bits per heavy atom. The maximum atomic E-state index is 5.01. The van der Waals surface area contributed by atoms with Crippen molar-refractivity contribution in [2.45, 2.75) is 12.5 Å². The number of imidazole rings is 1. The first-order chi connectivity index (χ1) is 7.81. The van der Waals surface area contributed by atoms with Gasteiger partial charge in [-0.05, 0) is 20.0 Å². The molecular formula is C11H20N4O. The van der Waals surface area contributed by atoms with Gasteiger partial charge in [0.2, 0.25) is 5.95 Å². The van der Waals surface area contributed by atoms with Gasteiger partial charge in [-0.2, -0.15) is 0 Å². The molecule has 5 nitrogen and oxygen atoms in total. The van der Waals surface area contributed by atoms with Gasteiger partial charge in [-0.15, -0.1) is 0 Å². The molecule has 1 atom stereocenters. The zero-order valence-electron chi connectivity index (χ0n) is 10.0. The molecule has 16 heavy (non-hydrogen) atoms. The average Bonchev–Trinajstić information content (AvgIpc) is 2.87. The number of likely N-dealkylation sites (N-methyl/N-ethyl adjacent to an activating group) is 1. The van der Waals surface area contributed by atoms with Gasteiger partial charge in [-0.3, -0.25) is 0 Å². The lowest BCUT2D eigenvalue weighted by Gasteiger charge is -2.16. The lowest BCUT2D eigenvalue weighted by molar-refractivity contribution is 0.210. The summed E-state index contributed by atoms with van der Waals surface area (Å²) in [5, 5.41) is 3.29. The van der Waals surface area contributed by atoms with Crippen LogP contribution in [0.3, 0.4) is 0 Å². The number of hydrogen-bond acceptors (Lipinski definition) is 4. The molecule has 1 fully saturated rings. The van der Waals surface area contributed by atoms with Crippen LogP contribution in [0.1, 0.15) is 12.5 Å². The molecule has 0 amide bonds. The van der Waals surface area contributed by atoms with Crippen LogP contribution in [0.4, 0.5) is 5.95 Å². The highest BCUT2D eigenvalue weighted by atomic mass is 16.5. The van der Waals surface area contributed by atoms with Gasteiger partial charge in [-0.1, -0.05) is 0 Å². The fourth-order valence-corrected chi connectivity index (χ4v) is 2.15. The van der Waals surface area contributed by atoms with E-state index in [1.165, 1.54) is 13.0 Å².